The molecule has 11 heteroatoms. The van der Waals surface area contributed by atoms with Gasteiger partial charge in [-0.2, -0.15) is 4.98 Å². The van der Waals surface area contributed by atoms with Crippen LogP contribution < -0.4 is 10.6 Å². The van der Waals surface area contributed by atoms with Crippen LogP contribution in [0.4, 0.5) is 30.8 Å². The maximum atomic E-state index is 14.4. The molecule has 32 heavy (non-hydrogen) atoms. The molecular formula is C21H23F3N6O2. The van der Waals surface area contributed by atoms with E-state index in [9.17, 15) is 18.3 Å². The van der Waals surface area contributed by atoms with Gasteiger partial charge in [0.15, 0.2) is 17.3 Å². The van der Waals surface area contributed by atoms with Crippen molar-refractivity contribution >= 4 is 28.7 Å². The van der Waals surface area contributed by atoms with Gasteiger partial charge in [-0.3, -0.25) is 4.57 Å². The fourth-order valence-corrected chi connectivity index (χ4v) is 3.57. The van der Waals surface area contributed by atoms with E-state index < -0.39 is 66.9 Å². The maximum Gasteiger partial charge on any atom is 0.224 e. The Morgan fingerprint density at radius 3 is 2.75 bits per heavy atom. The minimum atomic E-state index is -2.86. The van der Waals surface area contributed by atoms with Crippen LogP contribution in [0.5, 0.6) is 0 Å². The number of nitrogens with zero attached hydrogens (tertiary/aromatic N) is 4. The number of anilines is 3. The zero-order valence-electron chi connectivity index (χ0n) is 22.6. The average Bonchev–Trinajstić information content (AvgIpc) is 3.46. The molecular weight excluding hydrogens is 425 g/mol. The summed E-state index contributed by atoms with van der Waals surface area (Å²) in [5.41, 5.74) is -0.399. The first kappa shape index (κ1) is 15.0. The van der Waals surface area contributed by atoms with Crippen molar-refractivity contribution in [3.05, 3.63) is 35.8 Å². The molecule has 2 aliphatic rings. The van der Waals surface area contributed by atoms with Crippen LogP contribution in [-0.2, 0) is 4.74 Å². The fourth-order valence-electron chi connectivity index (χ4n) is 3.57. The summed E-state index contributed by atoms with van der Waals surface area (Å²) in [5.74, 6) is -3.91. The van der Waals surface area contributed by atoms with Crippen LogP contribution in [0.3, 0.4) is 0 Å². The van der Waals surface area contributed by atoms with Crippen molar-refractivity contribution < 1.29 is 31.2 Å². The van der Waals surface area contributed by atoms with Crippen LogP contribution in [-0.4, -0.2) is 50.0 Å². The third kappa shape index (κ3) is 4.09. The first-order valence-electron chi connectivity index (χ1n) is 13.0. The van der Waals surface area contributed by atoms with Gasteiger partial charge in [0.2, 0.25) is 11.9 Å². The Labute approximate surface area is 190 Å². The third-order valence-corrected chi connectivity index (χ3v) is 5.09. The highest BCUT2D eigenvalue weighted by atomic mass is 19.1. The molecule has 1 aliphatic heterocycles. The molecule has 1 saturated carbocycles. The highest BCUT2D eigenvalue weighted by Gasteiger charge is 2.27. The summed E-state index contributed by atoms with van der Waals surface area (Å²) in [6.07, 6.45) is -7.94. The lowest BCUT2D eigenvalue weighted by Gasteiger charge is -2.26. The van der Waals surface area contributed by atoms with Crippen molar-refractivity contribution in [2.45, 2.75) is 50.1 Å². The third-order valence-electron chi connectivity index (χ3n) is 5.09. The van der Waals surface area contributed by atoms with Gasteiger partial charge in [0.25, 0.3) is 0 Å². The monoisotopic (exact) mass is 454 g/mol. The van der Waals surface area contributed by atoms with Crippen LogP contribution in [0.25, 0.3) is 11.2 Å². The molecule has 0 amide bonds. The fraction of sp³-hybridized carbons (Fsp3) is 0.476. The Bertz CT molecular complexity index is 1370. The highest BCUT2D eigenvalue weighted by Crippen LogP contribution is 2.32. The number of hydrogen-bond acceptors (Lipinski definition) is 7. The second-order valence-electron chi connectivity index (χ2n) is 7.35. The number of benzene rings is 1. The van der Waals surface area contributed by atoms with Crippen LogP contribution in [0.1, 0.15) is 46.3 Å². The molecule has 3 heterocycles. The first-order chi connectivity index (χ1) is 17.7. The van der Waals surface area contributed by atoms with Crippen LogP contribution in [0, 0.1) is 17.5 Å². The predicted molar refractivity (Wildman–Crippen MR) is 111 cm³/mol. The van der Waals surface area contributed by atoms with Gasteiger partial charge in [-0.05, 0) is 32.0 Å². The minimum absolute atomic E-state index is 0.0652. The van der Waals surface area contributed by atoms with E-state index in [-0.39, 0.29) is 29.7 Å². The molecule has 2 aromatic heterocycles. The van der Waals surface area contributed by atoms with E-state index in [1.165, 1.54) is 10.8 Å². The number of ether oxygens (including phenoxy) is 1. The SMILES string of the molecule is [2H]C1C(O)CC([2H])([2H])C([2H])(Nc2ncc3nc(Nc4c(F)cc(F)cc4F)n(C4CCOC4)c3n2)C1([2H])[2H]. The number of nitrogens with one attached hydrogen (secondary N) is 2. The zero-order valence-corrected chi connectivity index (χ0v) is 16.6. The lowest BCUT2D eigenvalue weighted by Crippen LogP contribution is -2.29. The van der Waals surface area contributed by atoms with Crippen molar-refractivity contribution in [2.75, 3.05) is 23.8 Å². The normalized spacial score (nSPS) is 34.1. The van der Waals surface area contributed by atoms with Gasteiger partial charge in [0, 0.05) is 31.6 Å². The van der Waals surface area contributed by atoms with E-state index in [1.54, 1.807) is 0 Å². The van der Waals surface area contributed by atoms with Crippen LogP contribution in [0.15, 0.2) is 18.3 Å². The van der Waals surface area contributed by atoms with Crippen LogP contribution >= 0.6 is 0 Å². The lowest BCUT2D eigenvalue weighted by molar-refractivity contribution is 0.126. The molecule has 0 spiro atoms. The Balaban J connectivity index is 1.59. The molecule has 8 nitrogen and oxygen atoms in total. The van der Waals surface area contributed by atoms with Crippen molar-refractivity contribution in [2.24, 2.45) is 0 Å². The molecule has 5 rings (SSSR count). The molecule has 1 saturated heterocycles. The smallest absolute Gasteiger partial charge is 0.224 e. The summed E-state index contributed by atoms with van der Waals surface area (Å²) < 4.78 is 98.8. The molecule has 0 radical (unpaired) electrons. The van der Waals surface area contributed by atoms with Crippen molar-refractivity contribution in [3.63, 3.8) is 0 Å². The second-order valence-corrected chi connectivity index (χ2v) is 7.35. The quantitative estimate of drug-likeness (QED) is 0.541. The molecule has 1 aliphatic carbocycles. The number of hydrogen-bond donors (Lipinski definition) is 3. The van der Waals surface area contributed by atoms with Crippen molar-refractivity contribution in [3.8, 4) is 0 Å². The number of halogens is 3. The number of aliphatic hydroxyl groups is 1. The topological polar surface area (TPSA) is 97.1 Å². The predicted octanol–water partition coefficient (Wildman–Crippen LogP) is 3.66. The Kier molecular flexibility index (Phi) is 4.01. The Morgan fingerprint density at radius 2 is 2.00 bits per heavy atom. The van der Waals surface area contributed by atoms with E-state index in [4.69, 9.17) is 13.0 Å². The summed E-state index contributed by atoms with van der Waals surface area (Å²) in [4.78, 5) is 12.6. The van der Waals surface area contributed by atoms with Crippen molar-refractivity contribution in [1.29, 1.82) is 0 Å². The number of fused-ring (bicyclic) bond motifs is 1. The van der Waals surface area contributed by atoms with Gasteiger partial charge < -0.3 is 20.5 Å². The largest absolute Gasteiger partial charge is 0.393 e. The van der Waals surface area contributed by atoms with Gasteiger partial charge in [-0.1, -0.05) is 0 Å². The highest BCUT2D eigenvalue weighted by molar-refractivity contribution is 5.76. The summed E-state index contributed by atoms with van der Waals surface area (Å²) in [6, 6.07) is -2.14. The molecule has 170 valence electrons. The Morgan fingerprint density at radius 1 is 1.19 bits per heavy atom. The van der Waals surface area contributed by atoms with Gasteiger partial charge in [-0.15, -0.1) is 0 Å². The van der Waals surface area contributed by atoms with Gasteiger partial charge in [0.1, 0.15) is 17.0 Å². The second kappa shape index (κ2) is 8.55. The van der Waals surface area contributed by atoms with Gasteiger partial charge >= 0.3 is 0 Å². The number of aromatic nitrogens is 4. The standard InChI is InChI=1S/C21H23F3N6O2/c22-11-7-15(23)18(16(24)8-11)28-21-27-17-9-25-20(26-12-1-3-14(31)4-2-12)29-19(17)30(21)13-5-6-32-10-13/h7-9,12-14,31H,1-6,10H2,(H,27,28)(H,25,26,29)/i1D2,2D2,3D,12D. The van der Waals surface area contributed by atoms with E-state index in [2.05, 4.69) is 25.6 Å². The summed E-state index contributed by atoms with van der Waals surface area (Å²) in [6.45, 7) is 0.579. The molecule has 0 bridgehead atoms. The van der Waals surface area contributed by atoms with E-state index in [0.717, 1.165) is 0 Å². The molecule has 1 aromatic carbocycles. The van der Waals surface area contributed by atoms with E-state index >= 15 is 0 Å². The van der Waals surface area contributed by atoms with E-state index in [1.807, 2.05) is 0 Å². The summed E-state index contributed by atoms with van der Waals surface area (Å²) >= 11 is 0. The number of aliphatic hydroxyl groups excluding tert-OH is 1. The van der Waals surface area contributed by atoms with Gasteiger partial charge in [-0.25, -0.2) is 23.1 Å². The van der Waals surface area contributed by atoms with Gasteiger partial charge in [0.05, 0.1) is 26.3 Å². The van der Waals surface area contributed by atoms with Crippen LogP contribution in [0.2, 0.25) is 0 Å². The van der Waals surface area contributed by atoms with E-state index in [0.29, 0.717) is 25.2 Å². The molecule has 4 unspecified atom stereocenters. The first-order valence-corrected chi connectivity index (χ1v) is 9.88. The summed E-state index contributed by atoms with van der Waals surface area (Å²) in [7, 11) is 0. The Hall–Kier alpha value is -2.92. The zero-order chi connectivity index (χ0) is 27.6. The molecule has 3 aromatic rings. The number of imidazole rings is 1. The minimum Gasteiger partial charge on any atom is -0.393 e. The average molecular weight is 454 g/mol. The lowest BCUT2D eigenvalue weighted by atomic mass is 9.93. The molecule has 3 N–H and O–H groups in total. The molecule has 4 atom stereocenters. The van der Waals surface area contributed by atoms with Crippen molar-refractivity contribution in [1.82, 2.24) is 19.5 Å². The molecule has 2 fully saturated rings. The number of rotatable bonds is 5. The maximum absolute atomic E-state index is 14.4. The summed E-state index contributed by atoms with van der Waals surface area (Å²) in [5, 5.41) is 14.9.